The second-order valence-electron chi connectivity index (χ2n) is 43.4. The zero-order chi connectivity index (χ0) is 82.8. The molecule has 6 saturated heterocycles. The Balaban J connectivity index is 0.000000608. The molecule has 9 aliphatic rings. The second kappa shape index (κ2) is 54.4. The maximum atomic E-state index is 11.3. The van der Waals surface area contributed by atoms with Crippen molar-refractivity contribution in [2.24, 2.45) is 207 Å². The average Bonchev–Trinajstić information content (AvgIpc) is 1.03. The Morgan fingerprint density at radius 3 is 0.889 bits per heavy atom. The van der Waals surface area contributed by atoms with Gasteiger partial charge in [0.1, 0.15) is 5.78 Å². The summed E-state index contributed by atoms with van der Waals surface area (Å²) in [5.74, 6) is 28.4. The SMILES string of the molecule is CC(C)C1CCC(=O)CC1C(C)C.CC(C)C1CCCC1C(C)C.CC(C)C1CCCCC1C(C)C.CC(C)C1CCOC(C)C1C(C)C.CC(C)C1CCOC1C(C)C.CC(C)C1CCOCC1C(C)C.CC(C)C1CCOCC1C(C)C.CC(C)C1COCC1C(C)C.CC(C)C1COCCC1(C)C(C)C. The summed E-state index contributed by atoms with van der Waals surface area (Å²) in [6.45, 7) is 98.2. The fourth-order valence-electron chi connectivity index (χ4n) is 22.1. The Labute approximate surface area is 679 Å². The lowest BCUT2D eigenvalue weighted by Crippen LogP contribution is -2.43. The van der Waals surface area contributed by atoms with Gasteiger partial charge in [0.05, 0.1) is 18.8 Å². The maximum absolute atomic E-state index is 11.3. The molecule has 7 nitrogen and oxygen atoms in total. The van der Waals surface area contributed by atoms with E-state index < -0.39 is 0 Å². The lowest BCUT2D eigenvalue weighted by atomic mass is 9.63. The number of ketones is 1. The smallest absolute Gasteiger partial charge is 0.133 e. The molecule has 3 aliphatic carbocycles. The minimum Gasteiger partial charge on any atom is -0.381 e. The van der Waals surface area contributed by atoms with Crippen molar-refractivity contribution in [1.29, 1.82) is 0 Å². The van der Waals surface area contributed by atoms with Gasteiger partial charge in [-0.2, -0.15) is 0 Å². The van der Waals surface area contributed by atoms with Gasteiger partial charge in [-0.1, -0.05) is 275 Å². The summed E-state index contributed by atoms with van der Waals surface area (Å²) in [6.07, 6.45) is 20.4. The Kier molecular flexibility index (Phi) is 53.1. The highest BCUT2D eigenvalue weighted by atomic mass is 16.5. The van der Waals surface area contributed by atoms with Crippen LogP contribution >= 0.6 is 0 Å². The van der Waals surface area contributed by atoms with Crippen LogP contribution in [0.4, 0.5) is 0 Å². The molecule has 7 heteroatoms. The molecule has 0 bridgehead atoms. The first-order valence-corrected chi connectivity index (χ1v) is 47.4. The predicted octanol–water partition coefficient (Wildman–Crippen LogP) is 29.0. The number of hydrogen-bond acceptors (Lipinski definition) is 7. The molecule has 0 aromatic carbocycles. The van der Waals surface area contributed by atoms with Gasteiger partial charge in [-0.05, 0) is 278 Å². The van der Waals surface area contributed by atoms with Gasteiger partial charge < -0.3 is 28.4 Å². The van der Waals surface area contributed by atoms with Crippen LogP contribution in [0.5, 0.6) is 0 Å². The highest BCUT2D eigenvalue weighted by Gasteiger charge is 2.42. The maximum Gasteiger partial charge on any atom is 0.133 e. The average molecular weight is 1530 g/mol. The van der Waals surface area contributed by atoms with Crippen molar-refractivity contribution in [2.45, 2.75) is 372 Å². The number of hydrogen-bond donors (Lipinski definition) is 0. The lowest BCUT2D eigenvalue weighted by Gasteiger charge is -2.46. The molecule has 9 fully saturated rings. The summed E-state index contributed by atoms with van der Waals surface area (Å²) in [5.41, 5.74) is 0.492. The van der Waals surface area contributed by atoms with Gasteiger partial charge >= 0.3 is 0 Å². The van der Waals surface area contributed by atoms with Gasteiger partial charge in [0, 0.05) is 72.3 Å². The fourth-order valence-corrected chi connectivity index (χ4v) is 22.1. The van der Waals surface area contributed by atoms with Crippen molar-refractivity contribution in [3.63, 3.8) is 0 Å². The third kappa shape index (κ3) is 36.5. The van der Waals surface area contributed by atoms with Gasteiger partial charge in [0.15, 0.2) is 0 Å². The monoisotopic (exact) mass is 1530 g/mol. The van der Waals surface area contributed by atoms with Gasteiger partial charge in [0.2, 0.25) is 0 Å². The van der Waals surface area contributed by atoms with Crippen LogP contribution < -0.4 is 0 Å². The van der Waals surface area contributed by atoms with E-state index in [1.165, 1.54) is 77.0 Å². The molecule has 0 aromatic rings. The summed E-state index contributed by atoms with van der Waals surface area (Å²) in [6, 6.07) is 0. The molecule has 108 heavy (non-hydrogen) atoms. The molecule has 0 N–H and O–H groups in total. The largest absolute Gasteiger partial charge is 0.381 e. The quantitative estimate of drug-likeness (QED) is 0.135. The normalized spacial score (nSPS) is 32.6. The van der Waals surface area contributed by atoms with Crippen molar-refractivity contribution in [3.05, 3.63) is 0 Å². The summed E-state index contributed by atoms with van der Waals surface area (Å²) >= 11 is 0. The van der Waals surface area contributed by atoms with Crippen LogP contribution in [0.2, 0.25) is 0 Å². The fraction of sp³-hybridized carbons (Fsp3) is 0.990. The molecule has 646 valence electrons. The highest BCUT2D eigenvalue weighted by molar-refractivity contribution is 5.79. The van der Waals surface area contributed by atoms with E-state index in [4.69, 9.17) is 28.4 Å². The molecule has 0 amide bonds. The number of Topliss-reactive ketones (excluding diaryl/α,β-unsaturated/α-hetero) is 1. The van der Waals surface area contributed by atoms with E-state index in [1.54, 1.807) is 0 Å². The molecule has 19 unspecified atom stereocenters. The first-order chi connectivity index (χ1) is 50.3. The topological polar surface area (TPSA) is 72.5 Å². The Hall–Kier alpha value is -0.570. The number of carbonyl (C=O) groups is 1. The van der Waals surface area contributed by atoms with Crippen molar-refractivity contribution >= 4 is 5.78 Å². The van der Waals surface area contributed by atoms with Crippen LogP contribution in [0.25, 0.3) is 0 Å². The number of rotatable bonds is 18. The molecule has 3 saturated carbocycles. The molecule has 9 rings (SSSR count). The van der Waals surface area contributed by atoms with Gasteiger partial charge in [-0.25, -0.2) is 0 Å². The van der Waals surface area contributed by atoms with Gasteiger partial charge in [-0.15, -0.1) is 0 Å². The van der Waals surface area contributed by atoms with Crippen LogP contribution in [0.3, 0.4) is 0 Å². The van der Waals surface area contributed by atoms with Crippen molar-refractivity contribution in [3.8, 4) is 0 Å². The van der Waals surface area contributed by atoms with E-state index in [9.17, 15) is 4.79 Å². The molecule has 6 heterocycles. The number of carbonyl (C=O) groups excluding carboxylic acids is 1. The Morgan fingerprint density at radius 1 is 0.278 bits per heavy atom. The zero-order valence-corrected chi connectivity index (χ0v) is 80.3. The summed E-state index contributed by atoms with van der Waals surface area (Å²) in [4.78, 5) is 11.3. The van der Waals surface area contributed by atoms with E-state index in [1.807, 2.05) is 0 Å². The van der Waals surface area contributed by atoms with E-state index in [0.717, 1.165) is 269 Å². The first-order valence-electron chi connectivity index (χ1n) is 47.4. The van der Waals surface area contributed by atoms with E-state index in [2.05, 4.69) is 263 Å². The molecular formula is C101H200O7. The van der Waals surface area contributed by atoms with Crippen LogP contribution in [-0.2, 0) is 33.2 Å². The summed E-state index contributed by atoms with van der Waals surface area (Å²) in [7, 11) is 0. The number of ether oxygens (including phenoxy) is 6. The summed E-state index contributed by atoms with van der Waals surface area (Å²) < 4.78 is 33.5. The third-order valence-electron chi connectivity index (χ3n) is 29.9. The molecule has 0 radical (unpaired) electrons. The predicted molar refractivity (Wildman–Crippen MR) is 474 cm³/mol. The molecule has 6 aliphatic heterocycles. The van der Waals surface area contributed by atoms with E-state index in [0.29, 0.717) is 41.2 Å². The first kappa shape index (κ1) is 105. The summed E-state index contributed by atoms with van der Waals surface area (Å²) in [5, 5.41) is 0. The van der Waals surface area contributed by atoms with E-state index in [-0.39, 0.29) is 0 Å². The van der Waals surface area contributed by atoms with Crippen LogP contribution in [0.15, 0.2) is 0 Å². The van der Waals surface area contributed by atoms with Crippen molar-refractivity contribution in [1.82, 2.24) is 0 Å². The minimum absolute atomic E-state index is 0.459. The highest BCUT2D eigenvalue weighted by Crippen LogP contribution is 2.47. The van der Waals surface area contributed by atoms with Crippen LogP contribution in [0, 0.1) is 207 Å². The van der Waals surface area contributed by atoms with Gasteiger partial charge in [-0.3, -0.25) is 4.79 Å². The zero-order valence-electron chi connectivity index (χ0n) is 80.3. The Morgan fingerprint density at radius 2 is 0.583 bits per heavy atom. The third-order valence-corrected chi connectivity index (χ3v) is 29.9. The molecule has 19 atom stereocenters. The standard InChI is InChI=1S/2C12H24O.C12H22O.C12H24.2C11H22O.C11H22.2C10H20O/c1-9(2)11-8-13-7-6-12(11,5)10(3)4;1-8(2)11-6-7-13-10(5)12(11)9(3)4;1-8(2)11-6-5-10(13)7-12(11)9(3)4;1-9(2)11-7-5-6-8-12(11)10(3)4;2*1-8(2)10-5-6-12-7-11(10)9(3)4;1-8(2)10-6-5-7-11(10)9(3)4;1-7(2)9-5-11-6-10(9)8(3)4;1-7(2)9-5-6-11-10(9)8(3)4/h9-11H,6-8H2,1-5H3;8-12H,6-7H2,1-5H3;8-9,11-12H,5-7H2,1-4H3;9-12H,5-8H2,1-4H3;2*8-11H,5-7H2,1-4H3;8-11H,5-7H2,1-4H3;2*7-10H,5-6H2,1-4H3. The Bertz CT molecular complexity index is 1940. The molecular weight excluding hydrogens is 1330 g/mol. The lowest BCUT2D eigenvalue weighted by molar-refractivity contribution is -0.123. The van der Waals surface area contributed by atoms with E-state index >= 15 is 0 Å². The van der Waals surface area contributed by atoms with Gasteiger partial charge in [0.25, 0.3) is 0 Å². The minimum atomic E-state index is 0.459. The van der Waals surface area contributed by atoms with Crippen LogP contribution in [0.1, 0.15) is 359 Å². The van der Waals surface area contributed by atoms with Crippen molar-refractivity contribution < 1.29 is 33.2 Å². The molecule has 0 aromatic heterocycles. The molecule has 0 spiro atoms. The second-order valence-corrected chi connectivity index (χ2v) is 43.4. The van der Waals surface area contributed by atoms with Crippen molar-refractivity contribution in [2.75, 3.05) is 66.1 Å². The van der Waals surface area contributed by atoms with Crippen LogP contribution in [-0.4, -0.2) is 84.1 Å².